The van der Waals surface area contributed by atoms with Crippen LogP contribution >= 0.6 is 0 Å². The summed E-state index contributed by atoms with van der Waals surface area (Å²) < 4.78 is 1.31. The molecule has 0 atom stereocenters. The Bertz CT molecular complexity index is 362. The minimum absolute atomic E-state index is 0.901. The number of hydrogen-bond acceptors (Lipinski definition) is 1. The van der Waals surface area contributed by atoms with E-state index in [0.717, 1.165) is 11.3 Å². The van der Waals surface area contributed by atoms with Crippen molar-refractivity contribution >= 4 is 0 Å². The standard InChI is InChI=1S/C10H8N2/c1-12-8-7-10(11-12)9-5-3-2-4-6-9/h1-8H. The van der Waals surface area contributed by atoms with Crippen molar-refractivity contribution in [2.45, 2.75) is 0 Å². The van der Waals surface area contributed by atoms with E-state index in [1.165, 1.54) is 4.68 Å². The fourth-order valence-corrected chi connectivity index (χ4v) is 1.10. The van der Waals surface area contributed by atoms with Gasteiger partial charge in [-0.1, -0.05) is 30.3 Å². The van der Waals surface area contributed by atoms with Crippen LogP contribution in [0.15, 0.2) is 42.6 Å². The van der Waals surface area contributed by atoms with Crippen molar-refractivity contribution in [1.82, 2.24) is 9.78 Å². The molecule has 0 aliphatic heterocycles. The van der Waals surface area contributed by atoms with Crippen LogP contribution in [0.4, 0.5) is 0 Å². The van der Waals surface area contributed by atoms with Crippen molar-refractivity contribution < 1.29 is 0 Å². The second kappa shape index (κ2) is 2.81. The van der Waals surface area contributed by atoms with Crippen LogP contribution in [0.5, 0.6) is 0 Å². The molecular formula is C10H8N2. The van der Waals surface area contributed by atoms with Crippen LogP contribution in [-0.4, -0.2) is 9.78 Å². The topological polar surface area (TPSA) is 17.8 Å². The van der Waals surface area contributed by atoms with Gasteiger partial charge in [-0.3, -0.25) is 4.68 Å². The largest absolute Gasteiger partial charge is 0.265 e. The molecule has 0 N–H and O–H groups in total. The summed E-state index contributed by atoms with van der Waals surface area (Å²) in [7, 11) is 5.42. The van der Waals surface area contributed by atoms with Crippen LogP contribution in [0, 0.1) is 7.05 Å². The van der Waals surface area contributed by atoms with Gasteiger partial charge in [0.1, 0.15) is 7.05 Å². The maximum Gasteiger partial charge on any atom is 0.101 e. The number of benzene rings is 1. The van der Waals surface area contributed by atoms with Crippen molar-refractivity contribution in [3.63, 3.8) is 0 Å². The van der Waals surface area contributed by atoms with Crippen molar-refractivity contribution in [2.75, 3.05) is 0 Å². The lowest BCUT2D eigenvalue weighted by Gasteiger charge is -1.93. The van der Waals surface area contributed by atoms with Crippen LogP contribution in [-0.2, 0) is 0 Å². The van der Waals surface area contributed by atoms with Gasteiger partial charge < -0.3 is 0 Å². The van der Waals surface area contributed by atoms with Gasteiger partial charge in [0.2, 0.25) is 0 Å². The minimum Gasteiger partial charge on any atom is -0.265 e. The Morgan fingerprint density at radius 1 is 1.08 bits per heavy atom. The number of nitrogens with zero attached hydrogens (tertiary/aromatic N) is 2. The normalized spacial score (nSPS) is 10.1. The second-order valence-corrected chi connectivity index (χ2v) is 2.55. The lowest BCUT2D eigenvalue weighted by atomic mass is 10.2. The summed E-state index contributed by atoms with van der Waals surface area (Å²) in [6.45, 7) is 0. The molecule has 0 aliphatic rings. The Balaban J connectivity index is 2.45. The fraction of sp³-hybridized carbons (Fsp3) is 0. The molecule has 1 aromatic heterocycles. The maximum atomic E-state index is 5.42. The van der Waals surface area contributed by atoms with E-state index in [2.05, 4.69) is 5.10 Å². The van der Waals surface area contributed by atoms with Gasteiger partial charge in [0.15, 0.2) is 0 Å². The zero-order chi connectivity index (χ0) is 8.39. The summed E-state index contributed by atoms with van der Waals surface area (Å²) in [4.78, 5) is 0. The van der Waals surface area contributed by atoms with Crippen LogP contribution in [0.1, 0.15) is 0 Å². The Morgan fingerprint density at radius 2 is 1.83 bits per heavy atom. The minimum atomic E-state index is 0.901. The molecule has 2 nitrogen and oxygen atoms in total. The van der Waals surface area contributed by atoms with Crippen molar-refractivity contribution in [3.8, 4) is 11.3 Å². The maximum absolute atomic E-state index is 5.42. The zero-order valence-corrected chi connectivity index (χ0v) is 6.51. The summed E-state index contributed by atoms with van der Waals surface area (Å²) >= 11 is 0. The van der Waals surface area contributed by atoms with E-state index in [-0.39, 0.29) is 0 Å². The van der Waals surface area contributed by atoms with Gasteiger partial charge >= 0.3 is 0 Å². The average Bonchev–Trinajstić information content (AvgIpc) is 2.54. The van der Waals surface area contributed by atoms with Gasteiger partial charge in [0.25, 0.3) is 0 Å². The molecule has 0 aliphatic carbocycles. The zero-order valence-electron chi connectivity index (χ0n) is 6.51. The van der Waals surface area contributed by atoms with Crippen molar-refractivity contribution in [3.05, 3.63) is 49.6 Å². The molecule has 0 saturated heterocycles. The molecule has 0 saturated carbocycles. The predicted molar refractivity (Wildman–Crippen MR) is 47.4 cm³/mol. The Labute approximate surface area is 71.5 Å². The number of hydrogen-bond donors (Lipinski definition) is 0. The molecule has 0 bridgehead atoms. The van der Waals surface area contributed by atoms with Crippen molar-refractivity contribution in [2.24, 2.45) is 0 Å². The summed E-state index contributed by atoms with van der Waals surface area (Å²) in [5.74, 6) is 0. The van der Waals surface area contributed by atoms with Gasteiger partial charge in [-0.15, -0.1) is 0 Å². The molecular weight excluding hydrogens is 148 g/mol. The molecule has 1 heterocycles. The van der Waals surface area contributed by atoms with Gasteiger partial charge in [-0.2, -0.15) is 5.10 Å². The highest BCUT2D eigenvalue weighted by Gasteiger charge is 1.97. The first-order valence-corrected chi connectivity index (χ1v) is 3.72. The van der Waals surface area contributed by atoms with Crippen LogP contribution < -0.4 is 0 Å². The van der Waals surface area contributed by atoms with E-state index >= 15 is 0 Å². The lowest BCUT2D eigenvalue weighted by molar-refractivity contribution is 0.881. The first-order chi connectivity index (χ1) is 5.86. The van der Waals surface area contributed by atoms with E-state index in [1.54, 1.807) is 6.20 Å². The predicted octanol–water partition coefficient (Wildman–Crippen LogP) is 2.07. The molecule has 2 heteroatoms. The van der Waals surface area contributed by atoms with E-state index in [9.17, 15) is 0 Å². The molecule has 58 valence electrons. The third-order valence-electron chi connectivity index (χ3n) is 1.68. The quantitative estimate of drug-likeness (QED) is 0.618. The Kier molecular flexibility index (Phi) is 1.67. The van der Waals surface area contributed by atoms with Gasteiger partial charge in [0.05, 0.1) is 5.69 Å². The number of rotatable bonds is 1. The summed E-state index contributed by atoms with van der Waals surface area (Å²) in [6, 6.07) is 11.8. The SMILES string of the molecule is [CH]n1ccc(-c2ccccc2)n1. The van der Waals surface area contributed by atoms with Gasteiger partial charge in [-0.05, 0) is 6.07 Å². The molecule has 12 heavy (non-hydrogen) atoms. The molecule has 0 unspecified atom stereocenters. The van der Waals surface area contributed by atoms with E-state index in [4.69, 9.17) is 7.05 Å². The molecule has 0 spiro atoms. The first-order valence-electron chi connectivity index (χ1n) is 3.72. The molecule has 0 fully saturated rings. The smallest absolute Gasteiger partial charge is 0.101 e. The first kappa shape index (κ1) is 7.10. The van der Waals surface area contributed by atoms with Crippen LogP contribution in [0.3, 0.4) is 0 Å². The highest BCUT2D eigenvalue weighted by Crippen LogP contribution is 2.14. The highest BCUT2D eigenvalue weighted by atomic mass is 15.2. The second-order valence-electron chi connectivity index (χ2n) is 2.55. The summed E-state index contributed by atoms with van der Waals surface area (Å²) in [6.07, 6.45) is 1.72. The van der Waals surface area contributed by atoms with Gasteiger partial charge in [-0.25, -0.2) is 0 Å². The van der Waals surface area contributed by atoms with Crippen LogP contribution in [0.25, 0.3) is 11.3 Å². The lowest BCUT2D eigenvalue weighted by Crippen LogP contribution is -1.84. The van der Waals surface area contributed by atoms with Crippen LogP contribution in [0.2, 0.25) is 0 Å². The van der Waals surface area contributed by atoms with E-state index in [1.807, 2.05) is 36.4 Å². The highest BCUT2D eigenvalue weighted by molar-refractivity contribution is 5.57. The summed E-state index contributed by atoms with van der Waals surface area (Å²) in [5, 5.41) is 4.08. The van der Waals surface area contributed by atoms with E-state index in [0.29, 0.717) is 0 Å². The van der Waals surface area contributed by atoms with Crippen molar-refractivity contribution in [1.29, 1.82) is 0 Å². The summed E-state index contributed by atoms with van der Waals surface area (Å²) in [5.41, 5.74) is 1.99. The van der Waals surface area contributed by atoms with Gasteiger partial charge in [0, 0.05) is 11.8 Å². The monoisotopic (exact) mass is 156 g/mol. The average molecular weight is 156 g/mol. The molecule has 1 aromatic carbocycles. The Hall–Kier alpha value is -1.57. The molecule has 2 radical (unpaired) electrons. The van der Waals surface area contributed by atoms with E-state index < -0.39 is 0 Å². The Morgan fingerprint density at radius 3 is 2.42 bits per heavy atom. The third kappa shape index (κ3) is 1.23. The molecule has 0 amide bonds. The molecule has 2 rings (SSSR count). The third-order valence-corrected chi connectivity index (χ3v) is 1.68. The fourth-order valence-electron chi connectivity index (χ4n) is 1.10. The molecule has 2 aromatic rings. The number of aromatic nitrogens is 2.